The molecule has 14 heavy (non-hydrogen) atoms. The number of rotatable bonds is 3. The first-order valence-corrected chi connectivity index (χ1v) is 4.89. The standard InChI is InChI=1S/C9H18FN3O/c1-9(8(11)12-14)2-5-13(6-3-9)7-4-10/h14H,2-7H2,1H3,(H2,11,12). The summed E-state index contributed by atoms with van der Waals surface area (Å²) in [7, 11) is 0. The van der Waals surface area contributed by atoms with Crippen LogP contribution in [0.5, 0.6) is 0 Å². The van der Waals surface area contributed by atoms with Gasteiger partial charge in [-0.05, 0) is 25.9 Å². The molecule has 0 aromatic heterocycles. The molecule has 0 amide bonds. The van der Waals surface area contributed by atoms with E-state index < -0.39 is 0 Å². The van der Waals surface area contributed by atoms with Crippen LogP contribution in [0.4, 0.5) is 4.39 Å². The number of amidine groups is 1. The Bertz CT molecular complexity index is 212. The summed E-state index contributed by atoms with van der Waals surface area (Å²) in [5, 5.41) is 11.7. The van der Waals surface area contributed by atoms with Crippen LogP contribution >= 0.6 is 0 Å². The molecular formula is C9H18FN3O. The summed E-state index contributed by atoms with van der Waals surface area (Å²) in [6.45, 7) is 3.80. The number of piperidine rings is 1. The maximum absolute atomic E-state index is 12.1. The summed E-state index contributed by atoms with van der Waals surface area (Å²) in [5.74, 6) is 0.289. The van der Waals surface area contributed by atoms with Crippen LogP contribution in [-0.4, -0.2) is 42.3 Å². The lowest BCUT2D eigenvalue weighted by atomic mass is 9.79. The third-order valence-corrected chi connectivity index (χ3v) is 3.09. The van der Waals surface area contributed by atoms with Gasteiger partial charge in [0.25, 0.3) is 0 Å². The van der Waals surface area contributed by atoms with E-state index in [2.05, 4.69) is 10.1 Å². The molecule has 4 nitrogen and oxygen atoms in total. The highest BCUT2D eigenvalue weighted by atomic mass is 19.1. The molecule has 0 aromatic carbocycles. The molecule has 0 spiro atoms. The average Bonchev–Trinajstić information content (AvgIpc) is 2.21. The minimum Gasteiger partial charge on any atom is -0.409 e. The molecule has 1 aliphatic heterocycles. The average molecular weight is 203 g/mol. The third-order valence-electron chi connectivity index (χ3n) is 3.09. The molecule has 0 bridgehead atoms. The van der Waals surface area contributed by atoms with Gasteiger partial charge in [0.1, 0.15) is 12.5 Å². The Morgan fingerprint density at radius 2 is 2.14 bits per heavy atom. The van der Waals surface area contributed by atoms with Crippen molar-refractivity contribution in [1.82, 2.24) is 4.90 Å². The Hall–Kier alpha value is -0.840. The highest BCUT2D eigenvalue weighted by molar-refractivity contribution is 5.85. The first-order valence-electron chi connectivity index (χ1n) is 4.89. The van der Waals surface area contributed by atoms with Crippen molar-refractivity contribution < 1.29 is 9.60 Å². The van der Waals surface area contributed by atoms with Crippen molar-refractivity contribution in [3.63, 3.8) is 0 Å². The molecular weight excluding hydrogens is 185 g/mol. The van der Waals surface area contributed by atoms with E-state index in [0.717, 1.165) is 25.9 Å². The number of nitrogens with two attached hydrogens (primary N) is 1. The highest BCUT2D eigenvalue weighted by Crippen LogP contribution is 2.30. The molecule has 1 heterocycles. The van der Waals surface area contributed by atoms with Crippen molar-refractivity contribution in [2.75, 3.05) is 26.3 Å². The second kappa shape index (κ2) is 4.59. The number of halogens is 1. The monoisotopic (exact) mass is 203 g/mol. The van der Waals surface area contributed by atoms with Crippen LogP contribution in [0, 0.1) is 5.41 Å². The normalized spacial score (nSPS) is 23.7. The van der Waals surface area contributed by atoms with Crippen molar-refractivity contribution in [1.29, 1.82) is 0 Å². The van der Waals surface area contributed by atoms with Gasteiger partial charge < -0.3 is 15.8 Å². The molecule has 1 saturated heterocycles. The second-order valence-electron chi connectivity index (χ2n) is 4.08. The van der Waals surface area contributed by atoms with E-state index in [4.69, 9.17) is 10.9 Å². The van der Waals surface area contributed by atoms with Gasteiger partial charge in [-0.15, -0.1) is 0 Å². The Labute approximate surface area is 83.6 Å². The molecule has 0 atom stereocenters. The zero-order chi connectivity index (χ0) is 10.6. The summed E-state index contributed by atoms with van der Waals surface area (Å²) in [6, 6.07) is 0. The number of nitrogens with zero attached hydrogens (tertiary/aromatic N) is 2. The van der Waals surface area contributed by atoms with E-state index in [1.165, 1.54) is 0 Å². The fourth-order valence-corrected chi connectivity index (χ4v) is 1.77. The van der Waals surface area contributed by atoms with Gasteiger partial charge >= 0.3 is 0 Å². The smallest absolute Gasteiger partial charge is 0.145 e. The molecule has 1 fully saturated rings. The van der Waals surface area contributed by atoms with Gasteiger partial charge in [0, 0.05) is 12.0 Å². The van der Waals surface area contributed by atoms with Crippen molar-refractivity contribution in [3.05, 3.63) is 0 Å². The predicted octanol–water partition coefficient (Wildman–Crippen LogP) is 0.804. The minimum absolute atomic E-state index is 0.221. The molecule has 82 valence electrons. The fourth-order valence-electron chi connectivity index (χ4n) is 1.77. The minimum atomic E-state index is -0.305. The number of alkyl halides is 1. The summed E-state index contributed by atoms with van der Waals surface area (Å²) in [5.41, 5.74) is 5.39. The number of hydrogen-bond acceptors (Lipinski definition) is 3. The van der Waals surface area contributed by atoms with E-state index in [-0.39, 0.29) is 17.9 Å². The van der Waals surface area contributed by atoms with Crippen LogP contribution in [-0.2, 0) is 0 Å². The molecule has 1 rings (SSSR count). The van der Waals surface area contributed by atoms with Crippen LogP contribution in [0.15, 0.2) is 5.16 Å². The lowest BCUT2D eigenvalue weighted by molar-refractivity contribution is 0.150. The number of likely N-dealkylation sites (tertiary alicyclic amines) is 1. The van der Waals surface area contributed by atoms with E-state index in [1.807, 2.05) is 6.92 Å². The summed E-state index contributed by atoms with van der Waals surface area (Å²) < 4.78 is 12.1. The highest BCUT2D eigenvalue weighted by Gasteiger charge is 2.33. The quantitative estimate of drug-likeness (QED) is 0.309. The van der Waals surface area contributed by atoms with Gasteiger partial charge in [-0.3, -0.25) is 0 Å². The van der Waals surface area contributed by atoms with Gasteiger partial charge in [-0.1, -0.05) is 12.1 Å². The van der Waals surface area contributed by atoms with E-state index in [9.17, 15) is 4.39 Å². The summed E-state index contributed by atoms with van der Waals surface area (Å²) in [4.78, 5) is 2.06. The lowest BCUT2D eigenvalue weighted by Gasteiger charge is -2.37. The molecule has 1 aliphatic rings. The Morgan fingerprint density at radius 3 is 2.57 bits per heavy atom. The first kappa shape index (κ1) is 11.2. The van der Waals surface area contributed by atoms with Crippen LogP contribution in [0.3, 0.4) is 0 Å². The number of oxime groups is 1. The van der Waals surface area contributed by atoms with Gasteiger partial charge in [-0.2, -0.15) is 0 Å². The second-order valence-corrected chi connectivity index (χ2v) is 4.08. The van der Waals surface area contributed by atoms with E-state index >= 15 is 0 Å². The topological polar surface area (TPSA) is 61.9 Å². The van der Waals surface area contributed by atoms with E-state index in [0.29, 0.717) is 6.54 Å². The van der Waals surface area contributed by atoms with Crippen molar-refractivity contribution in [3.8, 4) is 0 Å². The molecule has 5 heteroatoms. The Morgan fingerprint density at radius 1 is 1.57 bits per heavy atom. The SMILES string of the molecule is CC1(C(N)=NO)CCN(CCF)CC1. The molecule has 3 N–H and O–H groups in total. The Kier molecular flexibility index (Phi) is 3.69. The zero-order valence-electron chi connectivity index (χ0n) is 8.54. The zero-order valence-corrected chi connectivity index (χ0v) is 8.54. The van der Waals surface area contributed by atoms with Gasteiger partial charge in [0.15, 0.2) is 0 Å². The van der Waals surface area contributed by atoms with Gasteiger partial charge in [0.05, 0.1) is 0 Å². The maximum atomic E-state index is 12.1. The fraction of sp³-hybridized carbons (Fsp3) is 0.889. The molecule has 0 aliphatic carbocycles. The Balaban J connectivity index is 2.49. The molecule has 0 saturated carbocycles. The van der Waals surface area contributed by atoms with Crippen LogP contribution in [0.2, 0.25) is 0 Å². The molecule has 0 radical (unpaired) electrons. The van der Waals surface area contributed by atoms with Gasteiger partial charge in [-0.25, -0.2) is 4.39 Å². The lowest BCUT2D eigenvalue weighted by Crippen LogP contribution is -2.46. The van der Waals surface area contributed by atoms with Crippen LogP contribution in [0.1, 0.15) is 19.8 Å². The van der Waals surface area contributed by atoms with Crippen molar-refractivity contribution in [2.45, 2.75) is 19.8 Å². The third kappa shape index (κ3) is 2.35. The van der Waals surface area contributed by atoms with Gasteiger partial charge in [0.2, 0.25) is 0 Å². The molecule has 0 unspecified atom stereocenters. The van der Waals surface area contributed by atoms with Crippen LogP contribution < -0.4 is 5.73 Å². The largest absolute Gasteiger partial charge is 0.409 e. The predicted molar refractivity (Wildman–Crippen MR) is 53.2 cm³/mol. The summed E-state index contributed by atoms with van der Waals surface area (Å²) in [6.07, 6.45) is 1.64. The first-order chi connectivity index (χ1) is 6.62. The maximum Gasteiger partial charge on any atom is 0.145 e. The van der Waals surface area contributed by atoms with Crippen molar-refractivity contribution in [2.24, 2.45) is 16.3 Å². The summed E-state index contributed by atoms with van der Waals surface area (Å²) >= 11 is 0. The number of hydrogen-bond donors (Lipinski definition) is 2. The van der Waals surface area contributed by atoms with Crippen molar-refractivity contribution >= 4 is 5.84 Å². The molecule has 0 aromatic rings. The van der Waals surface area contributed by atoms with E-state index in [1.54, 1.807) is 0 Å². The van der Waals surface area contributed by atoms with Crippen LogP contribution in [0.25, 0.3) is 0 Å².